The van der Waals surface area contributed by atoms with E-state index in [0.29, 0.717) is 30.3 Å². The molecule has 5 heteroatoms. The number of furan rings is 1. The second-order valence-electron chi connectivity index (χ2n) is 5.07. The largest absolute Gasteiger partial charge is 0.446 e. The van der Waals surface area contributed by atoms with Gasteiger partial charge in [0.1, 0.15) is 11.5 Å². The zero-order valence-electron chi connectivity index (χ0n) is 11.0. The average Bonchev–Trinajstić information content (AvgIpc) is 2.95. The van der Waals surface area contributed by atoms with E-state index >= 15 is 0 Å². The molecule has 1 unspecified atom stereocenters. The molecular weight excluding hydrogens is 271 g/mol. The molecule has 0 amide bonds. The quantitative estimate of drug-likeness (QED) is 0.807. The highest BCUT2D eigenvalue weighted by Gasteiger charge is 2.36. The second kappa shape index (κ2) is 4.48. The molecule has 1 aromatic heterocycles. The van der Waals surface area contributed by atoms with Crippen LogP contribution in [-0.2, 0) is 4.79 Å². The molecule has 0 saturated heterocycles. The number of hydrogen-bond donors (Lipinski definition) is 0. The summed E-state index contributed by atoms with van der Waals surface area (Å²) in [5.41, 5.74) is 2.77. The van der Waals surface area contributed by atoms with Gasteiger partial charge in [-0.15, -0.1) is 0 Å². The van der Waals surface area contributed by atoms with Crippen molar-refractivity contribution < 1.29 is 13.6 Å². The third kappa shape index (κ3) is 1.85. The minimum Gasteiger partial charge on any atom is -0.446 e. The first-order chi connectivity index (χ1) is 10.2. The Labute approximate surface area is 120 Å². The fraction of sp³-hybridized carbons (Fsp3) is 0.188. The van der Waals surface area contributed by atoms with E-state index in [2.05, 4.69) is 9.98 Å². The number of benzene rings is 1. The van der Waals surface area contributed by atoms with Crippen LogP contribution < -0.4 is 0 Å². The van der Waals surface area contributed by atoms with Gasteiger partial charge in [0, 0.05) is 18.5 Å². The zero-order chi connectivity index (χ0) is 14.4. The summed E-state index contributed by atoms with van der Waals surface area (Å²) in [5.74, 6) is -0.101. The topological polar surface area (TPSA) is 54.9 Å². The predicted molar refractivity (Wildman–Crippen MR) is 76.0 cm³/mol. The molecule has 0 saturated carbocycles. The van der Waals surface area contributed by atoms with Crippen LogP contribution in [0.4, 0.5) is 10.3 Å². The van der Waals surface area contributed by atoms with Crippen molar-refractivity contribution in [2.24, 2.45) is 9.98 Å². The van der Waals surface area contributed by atoms with Crippen LogP contribution in [0.25, 0.3) is 0 Å². The standard InChI is InChI=1S/C16H11FN2O2/c17-10-3-1-9(2-4-10)13-11-6-8-21-16(11)19-14-12(20)5-7-18-15(13)14/h1-4,6,8,13H,5,7H2. The van der Waals surface area contributed by atoms with Crippen LogP contribution in [0.5, 0.6) is 0 Å². The molecule has 21 heavy (non-hydrogen) atoms. The van der Waals surface area contributed by atoms with Gasteiger partial charge in [-0.05, 0) is 23.8 Å². The van der Waals surface area contributed by atoms with E-state index in [4.69, 9.17) is 4.42 Å². The van der Waals surface area contributed by atoms with Crippen LogP contribution in [0.1, 0.15) is 23.5 Å². The number of Topliss-reactive ketones (excluding diaryl/α,β-unsaturated/α-hetero) is 1. The van der Waals surface area contributed by atoms with Gasteiger partial charge in [-0.2, -0.15) is 0 Å². The van der Waals surface area contributed by atoms with Crippen LogP contribution in [0.15, 0.2) is 51.0 Å². The lowest BCUT2D eigenvalue weighted by Gasteiger charge is -2.26. The summed E-state index contributed by atoms with van der Waals surface area (Å²) in [7, 11) is 0. The summed E-state index contributed by atoms with van der Waals surface area (Å²) in [5, 5.41) is 0. The van der Waals surface area contributed by atoms with Crippen LogP contribution >= 0.6 is 0 Å². The van der Waals surface area contributed by atoms with Gasteiger partial charge in [-0.3, -0.25) is 9.79 Å². The first-order valence-electron chi connectivity index (χ1n) is 6.73. The molecule has 104 valence electrons. The number of aliphatic imine (C=N–C) groups is 2. The van der Waals surface area contributed by atoms with Crippen molar-refractivity contribution in [2.75, 3.05) is 6.54 Å². The van der Waals surface area contributed by atoms with Gasteiger partial charge in [-0.1, -0.05) is 12.1 Å². The van der Waals surface area contributed by atoms with Crippen molar-refractivity contribution >= 4 is 23.1 Å². The maximum atomic E-state index is 13.2. The Balaban J connectivity index is 1.93. The van der Waals surface area contributed by atoms with Crippen LogP contribution in [0, 0.1) is 5.82 Å². The summed E-state index contributed by atoms with van der Waals surface area (Å²) >= 11 is 0. The number of fused-ring (bicyclic) bond motifs is 2. The monoisotopic (exact) mass is 282 g/mol. The van der Waals surface area contributed by atoms with Gasteiger partial charge < -0.3 is 4.42 Å². The normalized spacial score (nSPS) is 20.4. The summed E-state index contributed by atoms with van der Waals surface area (Å²) < 4.78 is 18.5. The summed E-state index contributed by atoms with van der Waals surface area (Å²) in [6.45, 7) is 0.470. The van der Waals surface area contributed by atoms with Crippen molar-refractivity contribution in [3.05, 3.63) is 53.5 Å². The van der Waals surface area contributed by atoms with E-state index in [1.54, 1.807) is 18.4 Å². The van der Waals surface area contributed by atoms with Crippen molar-refractivity contribution in [1.82, 2.24) is 0 Å². The smallest absolute Gasteiger partial charge is 0.223 e. The third-order valence-corrected chi connectivity index (χ3v) is 3.80. The highest BCUT2D eigenvalue weighted by molar-refractivity contribution is 6.70. The second-order valence-corrected chi connectivity index (χ2v) is 5.07. The number of halogens is 1. The van der Waals surface area contributed by atoms with E-state index in [9.17, 15) is 9.18 Å². The van der Waals surface area contributed by atoms with Crippen molar-refractivity contribution in [2.45, 2.75) is 12.3 Å². The van der Waals surface area contributed by atoms with Gasteiger partial charge >= 0.3 is 0 Å². The Morgan fingerprint density at radius 3 is 2.81 bits per heavy atom. The van der Waals surface area contributed by atoms with E-state index < -0.39 is 0 Å². The fourth-order valence-corrected chi connectivity index (χ4v) is 2.82. The summed E-state index contributed by atoms with van der Waals surface area (Å²) in [4.78, 5) is 20.9. The van der Waals surface area contributed by atoms with Crippen molar-refractivity contribution in [3.63, 3.8) is 0 Å². The van der Waals surface area contributed by atoms with Crippen LogP contribution in [0.3, 0.4) is 0 Å². The molecule has 1 atom stereocenters. The molecule has 2 aromatic rings. The lowest BCUT2D eigenvalue weighted by molar-refractivity contribution is -0.112. The number of rotatable bonds is 1. The Morgan fingerprint density at radius 2 is 2.00 bits per heavy atom. The maximum absolute atomic E-state index is 13.2. The molecule has 2 aliphatic heterocycles. The van der Waals surface area contributed by atoms with E-state index in [-0.39, 0.29) is 17.5 Å². The fourth-order valence-electron chi connectivity index (χ4n) is 2.82. The molecule has 0 fully saturated rings. The number of ketones is 1. The maximum Gasteiger partial charge on any atom is 0.223 e. The number of carbonyl (C=O) groups is 1. The number of hydrogen-bond acceptors (Lipinski definition) is 4. The van der Waals surface area contributed by atoms with E-state index in [1.807, 2.05) is 6.07 Å². The SMILES string of the molecule is O=C1CCN=C2C1=Nc1occc1C2c1ccc(F)cc1. The molecular formula is C16H11FN2O2. The molecule has 0 N–H and O–H groups in total. The first-order valence-corrected chi connectivity index (χ1v) is 6.73. The molecule has 0 bridgehead atoms. The van der Waals surface area contributed by atoms with Crippen LogP contribution in [0.2, 0.25) is 0 Å². The summed E-state index contributed by atoms with van der Waals surface area (Å²) in [6, 6.07) is 8.06. The highest BCUT2D eigenvalue weighted by Crippen LogP contribution is 2.39. The van der Waals surface area contributed by atoms with Crippen LogP contribution in [-0.4, -0.2) is 23.8 Å². The van der Waals surface area contributed by atoms with E-state index in [0.717, 1.165) is 11.1 Å². The molecule has 2 aliphatic rings. The van der Waals surface area contributed by atoms with Gasteiger partial charge in [0.05, 0.1) is 17.9 Å². The van der Waals surface area contributed by atoms with Crippen molar-refractivity contribution in [1.29, 1.82) is 0 Å². The minimum absolute atomic E-state index is 0.0193. The lowest BCUT2D eigenvalue weighted by Crippen LogP contribution is -2.35. The molecule has 0 radical (unpaired) electrons. The molecule has 0 spiro atoms. The average molecular weight is 282 g/mol. The zero-order valence-corrected chi connectivity index (χ0v) is 11.0. The van der Waals surface area contributed by atoms with Gasteiger partial charge in [0.15, 0.2) is 5.78 Å². The molecule has 3 heterocycles. The number of carbonyl (C=O) groups excluding carboxylic acids is 1. The Morgan fingerprint density at radius 1 is 1.19 bits per heavy atom. The number of nitrogens with zero attached hydrogens (tertiary/aromatic N) is 2. The predicted octanol–water partition coefficient (Wildman–Crippen LogP) is 3.05. The summed E-state index contributed by atoms with van der Waals surface area (Å²) in [6.07, 6.45) is 1.92. The molecule has 4 nitrogen and oxygen atoms in total. The van der Waals surface area contributed by atoms with Gasteiger partial charge in [-0.25, -0.2) is 9.38 Å². The molecule has 1 aromatic carbocycles. The highest BCUT2D eigenvalue weighted by atomic mass is 19.1. The minimum atomic E-state index is -0.294. The Kier molecular flexibility index (Phi) is 2.60. The molecule has 4 rings (SSSR count). The first kappa shape index (κ1) is 12.2. The van der Waals surface area contributed by atoms with Crippen molar-refractivity contribution in [3.8, 4) is 0 Å². The van der Waals surface area contributed by atoms with E-state index in [1.165, 1.54) is 12.1 Å². The Bertz CT molecular complexity index is 787. The third-order valence-electron chi connectivity index (χ3n) is 3.80. The molecule has 0 aliphatic carbocycles. The van der Waals surface area contributed by atoms with Gasteiger partial charge in [0.25, 0.3) is 0 Å². The van der Waals surface area contributed by atoms with Gasteiger partial charge in [0.2, 0.25) is 5.88 Å². The Hall–Kier alpha value is -2.56. The lowest BCUT2D eigenvalue weighted by atomic mass is 9.82.